The maximum atomic E-state index is 12.2. The molecule has 1 aromatic heterocycles. The summed E-state index contributed by atoms with van der Waals surface area (Å²) in [4.78, 5) is 16.7. The lowest BCUT2D eigenvalue weighted by atomic mass is 9.96. The zero-order chi connectivity index (χ0) is 14.1. The van der Waals surface area contributed by atoms with Gasteiger partial charge in [-0.15, -0.1) is 0 Å². The highest BCUT2D eigenvalue weighted by atomic mass is 16.5. The lowest BCUT2D eigenvalue weighted by Gasteiger charge is -2.17. The molecular weight excluding hydrogens is 254 g/mol. The number of esters is 1. The quantitative estimate of drug-likeness (QED) is 0.801. The molecule has 0 spiro atoms. The second kappa shape index (κ2) is 5.27. The summed E-state index contributed by atoms with van der Waals surface area (Å²) in [5.74, 6) is 0.485. The molecule has 4 nitrogen and oxygen atoms in total. The van der Waals surface area contributed by atoms with Gasteiger partial charge in [-0.2, -0.15) is 0 Å². The summed E-state index contributed by atoms with van der Waals surface area (Å²) in [5, 5.41) is 0. The molecule has 1 aliphatic rings. The second-order valence-electron chi connectivity index (χ2n) is 5.65. The number of carbonyl (C=O) groups is 1. The van der Waals surface area contributed by atoms with E-state index in [-0.39, 0.29) is 23.9 Å². The van der Waals surface area contributed by atoms with Crippen molar-refractivity contribution in [2.45, 2.75) is 45.1 Å². The van der Waals surface area contributed by atoms with Crippen LogP contribution < -0.4 is 0 Å². The van der Waals surface area contributed by atoms with Crippen molar-refractivity contribution in [3.63, 3.8) is 0 Å². The Morgan fingerprint density at radius 2 is 2.15 bits per heavy atom. The standard InChI is InChI=1S/C16H19NO3/c1-10(2)19-16(18)12-7-5-6-11(12)15-17-13-8-3-4-9-14(13)20-15/h3-4,8-12H,5-7H2,1-2H3/t11?,12-/m1/s1. The molecule has 3 rings (SSSR count). The van der Waals surface area contributed by atoms with Crippen molar-refractivity contribution < 1.29 is 13.9 Å². The van der Waals surface area contributed by atoms with E-state index < -0.39 is 0 Å². The maximum absolute atomic E-state index is 12.2. The number of ether oxygens (including phenoxy) is 1. The molecule has 2 atom stereocenters. The highest BCUT2D eigenvalue weighted by molar-refractivity contribution is 5.75. The van der Waals surface area contributed by atoms with Crippen LogP contribution in [-0.2, 0) is 9.53 Å². The molecule has 106 valence electrons. The molecule has 1 heterocycles. The van der Waals surface area contributed by atoms with Crippen LogP contribution in [0.1, 0.15) is 44.9 Å². The maximum Gasteiger partial charge on any atom is 0.309 e. The normalized spacial score (nSPS) is 22.6. The van der Waals surface area contributed by atoms with Gasteiger partial charge in [-0.05, 0) is 38.8 Å². The average molecular weight is 273 g/mol. The SMILES string of the molecule is CC(C)OC(=O)[C@@H]1CCCC1c1nc2ccccc2o1. The number of hydrogen-bond donors (Lipinski definition) is 0. The summed E-state index contributed by atoms with van der Waals surface area (Å²) in [6.45, 7) is 3.75. The second-order valence-corrected chi connectivity index (χ2v) is 5.65. The Bertz CT molecular complexity index is 584. The number of carbonyl (C=O) groups excluding carboxylic acids is 1. The predicted octanol–water partition coefficient (Wildman–Crippen LogP) is 3.66. The highest BCUT2D eigenvalue weighted by Crippen LogP contribution is 2.40. The van der Waals surface area contributed by atoms with E-state index in [2.05, 4.69) is 4.98 Å². The van der Waals surface area contributed by atoms with Gasteiger partial charge in [0.2, 0.25) is 0 Å². The number of oxazole rings is 1. The first kappa shape index (κ1) is 13.2. The van der Waals surface area contributed by atoms with Crippen LogP contribution in [0.5, 0.6) is 0 Å². The number of hydrogen-bond acceptors (Lipinski definition) is 4. The fraction of sp³-hybridized carbons (Fsp3) is 0.500. The van der Waals surface area contributed by atoms with Crippen LogP contribution in [0.3, 0.4) is 0 Å². The number of aromatic nitrogens is 1. The first-order valence-electron chi connectivity index (χ1n) is 7.21. The molecule has 2 aromatic rings. The van der Waals surface area contributed by atoms with Gasteiger partial charge >= 0.3 is 5.97 Å². The van der Waals surface area contributed by atoms with Crippen molar-refractivity contribution >= 4 is 17.1 Å². The van der Waals surface area contributed by atoms with Crippen LogP contribution >= 0.6 is 0 Å². The van der Waals surface area contributed by atoms with Gasteiger partial charge in [0.1, 0.15) is 5.52 Å². The minimum absolute atomic E-state index is 0.0497. The molecule has 0 radical (unpaired) electrons. The molecule has 0 N–H and O–H groups in total. The van der Waals surface area contributed by atoms with Gasteiger partial charge in [-0.25, -0.2) is 4.98 Å². The van der Waals surface area contributed by atoms with Crippen LogP contribution in [0, 0.1) is 5.92 Å². The van der Waals surface area contributed by atoms with Crippen molar-refractivity contribution in [3.05, 3.63) is 30.2 Å². The van der Waals surface area contributed by atoms with Crippen molar-refractivity contribution in [2.24, 2.45) is 5.92 Å². The molecular formula is C16H19NO3. The van der Waals surface area contributed by atoms with Crippen LogP contribution in [0.4, 0.5) is 0 Å². The predicted molar refractivity (Wildman–Crippen MR) is 75.3 cm³/mol. The van der Waals surface area contributed by atoms with Gasteiger partial charge in [-0.1, -0.05) is 18.6 Å². The first-order chi connectivity index (χ1) is 9.65. The largest absolute Gasteiger partial charge is 0.463 e. The Morgan fingerprint density at radius 3 is 2.90 bits per heavy atom. The Kier molecular flexibility index (Phi) is 3.47. The smallest absolute Gasteiger partial charge is 0.309 e. The molecule has 1 unspecified atom stereocenters. The minimum Gasteiger partial charge on any atom is -0.463 e. The fourth-order valence-electron chi connectivity index (χ4n) is 2.91. The molecule has 1 aromatic carbocycles. The zero-order valence-electron chi connectivity index (χ0n) is 11.8. The van der Waals surface area contributed by atoms with Gasteiger partial charge in [0, 0.05) is 5.92 Å². The van der Waals surface area contributed by atoms with E-state index in [4.69, 9.17) is 9.15 Å². The summed E-state index contributed by atoms with van der Waals surface area (Å²) >= 11 is 0. The van der Waals surface area contributed by atoms with Gasteiger partial charge in [0.05, 0.1) is 12.0 Å². The van der Waals surface area contributed by atoms with Crippen molar-refractivity contribution in [1.82, 2.24) is 4.98 Å². The Morgan fingerprint density at radius 1 is 1.35 bits per heavy atom. The lowest BCUT2D eigenvalue weighted by Crippen LogP contribution is -2.23. The third-order valence-corrected chi connectivity index (χ3v) is 3.80. The van der Waals surface area contributed by atoms with Crippen LogP contribution in [-0.4, -0.2) is 17.1 Å². The van der Waals surface area contributed by atoms with E-state index in [9.17, 15) is 4.79 Å². The van der Waals surface area contributed by atoms with Gasteiger partial charge < -0.3 is 9.15 Å². The molecule has 0 saturated heterocycles. The molecule has 1 fully saturated rings. The van der Waals surface area contributed by atoms with E-state index in [1.807, 2.05) is 38.1 Å². The Balaban J connectivity index is 1.86. The molecule has 0 bridgehead atoms. The van der Waals surface area contributed by atoms with Crippen LogP contribution in [0.2, 0.25) is 0 Å². The molecule has 0 aliphatic heterocycles. The number of rotatable bonds is 3. The van der Waals surface area contributed by atoms with Gasteiger partial charge in [-0.3, -0.25) is 4.79 Å². The number of nitrogens with zero attached hydrogens (tertiary/aromatic N) is 1. The Hall–Kier alpha value is -1.84. The number of para-hydroxylation sites is 2. The van der Waals surface area contributed by atoms with Crippen molar-refractivity contribution in [2.75, 3.05) is 0 Å². The number of benzene rings is 1. The van der Waals surface area contributed by atoms with Gasteiger partial charge in [0.25, 0.3) is 0 Å². The van der Waals surface area contributed by atoms with Crippen molar-refractivity contribution in [1.29, 1.82) is 0 Å². The Labute approximate surface area is 118 Å². The van der Waals surface area contributed by atoms with E-state index in [0.29, 0.717) is 5.89 Å². The lowest BCUT2D eigenvalue weighted by molar-refractivity contribution is -0.152. The summed E-state index contributed by atoms with van der Waals surface area (Å²) < 4.78 is 11.2. The van der Waals surface area contributed by atoms with E-state index in [0.717, 1.165) is 30.4 Å². The molecule has 4 heteroatoms. The van der Waals surface area contributed by atoms with Crippen LogP contribution in [0.15, 0.2) is 28.7 Å². The topological polar surface area (TPSA) is 52.3 Å². The van der Waals surface area contributed by atoms with E-state index in [1.165, 1.54) is 0 Å². The highest BCUT2D eigenvalue weighted by Gasteiger charge is 2.38. The molecule has 1 aliphatic carbocycles. The molecule has 20 heavy (non-hydrogen) atoms. The molecule has 0 amide bonds. The van der Waals surface area contributed by atoms with Crippen LogP contribution in [0.25, 0.3) is 11.1 Å². The third-order valence-electron chi connectivity index (χ3n) is 3.80. The zero-order valence-corrected chi connectivity index (χ0v) is 11.8. The minimum atomic E-state index is -0.121. The fourth-order valence-corrected chi connectivity index (χ4v) is 2.91. The third kappa shape index (κ3) is 2.42. The summed E-state index contributed by atoms with van der Waals surface area (Å²) in [7, 11) is 0. The average Bonchev–Trinajstić information content (AvgIpc) is 3.04. The first-order valence-corrected chi connectivity index (χ1v) is 7.21. The summed E-state index contributed by atoms with van der Waals surface area (Å²) in [6.07, 6.45) is 2.73. The van der Waals surface area contributed by atoms with E-state index >= 15 is 0 Å². The summed E-state index contributed by atoms with van der Waals surface area (Å²) in [5.41, 5.74) is 1.63. The van der Waals surface area contributed by atoms with E-state index in [1.54, 1.807) is 0 Å². The molecule has 1 saturated carbocycles. The monoisotopic (exact) mass is 273 g/mol. The summed E-state index contributed by atoms with van der Waals surface area (Å²) in [6, 6.07) is 7.70. The number of fused-ring (bicyclic) bond motifs is 1. The van der Waals surface area contributed by atoms with Crippen molar-refractivity contribution in [3.8, 4) is 0 Å². The van der Waals surface area contributed by atoms with Gasteiger partial charge in [0.15, 0.2) is 11.5 Å².